The monoisotopic (exact) mass is 196 g/mol. The van der Waals surface area contributed by atoms with Crippen LogP contribution in [0.5, 0.6) is 0 Å². The Morgan fingerprint density at radius 2 is 1.56 bits per heavy atom. The first-order chi connectivity index (χ1) is 4.39. The van der Waals surface area contributed by atoms with Crippen molar-refractivity contribution in [2.45, 2.75) is 0 Å². The van der Waals surface area contributed by atoms with Crippen LogP contribution in [0.2, 0.25) is 0 Å². The van der Waals surface area contributed by atoms with Gasteiger partial charge in [0.05, 0.1) is 0 Å². The molecule has 0 N–H and O–H groups in total. The van der Waals surface area contributed by atoms with Gasteiger partial charge in [0.15, 0.2) is 0 Å². The van der Waals surface area contributed by atoms with Gasteiger partial charge in [0.1, 0.15) is 0 Å². The topological polar surface area (TPSA) is 36.9 Å². The maximum absolute atomic E-state index is 5.16. The average molecular weight is 196 g/mol. The zero-order valence-electron chi connectivity index (χ0n) is 4.96. The molecule has 0 aromatic heterocycles. The van der Waals surface area contributed by atoms with Gasteiger partial charge in [-0.3, -0.25) is 0 Å². The standard InChI is InChI=1S/CH8O4Si4/c1-9-4-7-2-6-3-8-5-9/h1,6-8H2. The molecule has 0 atom stereocenters. The highest BCUT2D eigenvalue weighted by molar-refractivity contribution is 6.61. The van der Waals surface area contributed by atoms with Gasteiger partial charge in [0, 0.05) is 0 Å². The summed E-state index contributed by atoms with van der Waals surface area (Å²) in [4.78, 5) is 0. The van der Waals surface area contributed by atoms with Crippen LogP contribution in [0.1, 0.15) is 0 Å². The molecule has 1 rings (SSSR count). The molecule has 1 aliphatic heterocycles. The summed E-state index contributed by atoms with van der Waals surface area (Å²) in [5.41, 5.74) is 0. The Morgan fingerprint density at radius 3 is 2.11 bits per heavy atom. The molecule has 0 aromatic rings. The quantitative estimate of drug-likeness (QED) is 0.378. The van der Waals surface area contributed by atoms with Gasteiger partial charge in [0.2, 0.25) is 0 Å². The summed E-state index contributed by atoms with van der Waals surface area (Å²) in [5, 5.41) is 0. The lowest BCUT2D eigenvalue weighted by atomic mass is 12.0. The number of rotatable bonds is 0. The van der Waals surface area contributed by atoms with Crippen molar-refractivity contribution >= 4 is 45.1 Å². The second kappa shape index (κ2) is 4.13. The third-order valence-corrected chi connectivity index (χ3v) is 6.96. The zero-order valence-corrected chi connectivity index (χ0v) is 10.2. The van der Waals surface area contributed by atoms with E-state index in [-0.39, 0.29) is 0 Å². The van der Waals surface area contributed by atoms with Gasteiger partial charge in [-0.1, -0.05) is 0 Å². The Morgan fingerprint density at radius 1 is 1.00 bits per heavy atom. The van der Waals surface area contributed by atoms with Crippen molar-refractivity contribution in [2.24, 2.45) is 0 Å². The fourth-order valence-electron chi connectivity index (χ4n) is 0.383. The first kappa shape index (κ1) is 7.37. The van der Waals surface area contributed by atoms with E-state index in [0.717, 1.165) is 0 Å². The molecule has 0 bridgehead atoms. The average Bonchev–Trinajstić information content (AvgIpc) is 1.79. The second-order valence-corrected chi connectivity index (χ2v) is 8.45. The molecular formula is CH8O4Si4. The summed E-state index contributed by atoms with van der Waals surface area (Å²) < 4.78 is 20.6. The molecule has 1 fully saturated rings. The van der Waals surface area contributed by atoms with E-state index < -0.39 is 38.9 Å². The SMILES string of the molecule is C=[Si]1O[SiH2]O[SiH2]O[SiH2]O1. The summed E-state index contributed by atoms with van der Waals surface area (Å²) in [6.07, 6.45) is 3.68. The minimum atomic E-state index is -1.21. The minimum Gasteiger partial charge on any atom is -0.564 e. The van der Waals surface area contributed by atoms with Gasteiger partial charge in [-0.05, 0) is 6.17 Å². The molecule has 0 aromatic carbocycles. The van der Waals surface area contributed by atoms with Crippen LogP contribution in [0.15, 0.2) is 0 Å². The van der Waals surface area contributed by atoms with Gasteiger partial charge in [-0.2, -0.15) is 0 Å². The largest absolute Gasteiger partial charge is 0.564 e. The van der Waals surface area contributed by atoms with Crippen molar-refractivity contribution in [1.82, 2.24) is 0 Å². The molecule has 0 saturated carbocycles. The van der Waals surface area contributed by atoms with E-state index in [0.29, 0.717) is 0 Å². The van der Waals surface area contributed by atoms with E-state index in [1.807, 2.05) is 0 Å². The predicted molar refractivity (Wildman–Crippen MR) is 42.8 cm³/mol. The molecule has 8 heteroatoms. The third-order valence-electron chi connectivity index (χ3n) is 0.773. The van der Waals surface area contributed by atoms with Crippen LogP contribution in [0.4, 0.5) is 0 Å². The van der Waals surface area contributed by atoms with Crippen LogP contribution in [-0.2, 0) is 16.5 Å². The molecule has 1 saturated heterocycles. The van der Waals surface area contributed by atoms with Crippen molar-refractivity contribution in [3.8, 4) is 0 Å². The lowest BCUT2D eigenvalue weighted by Gasteiger charge is -2.14. The smallest absolute Gasteiger partial charge is 0.444 e. The van der Waals surface area contributed by atoms with E-state index >= 15 is 0 Å². The highest BCUT2D eigenvalue weighted by Gasteiger charge is 2.03. The Labute approximate surface area is 62.1 Å². The summed E-state index contributed by atoms with van der Waals surface area (Å²) in [6.45, 7) is 0. The molecule has 0 unspecified atom stereocenters. The lowest BCUT2D eigenvalue weighted by molar-refractivity contribution is 0.344. The van der Waals surface area contributed by atoms with Crippen LogP contribution in [0.25, 0.3) is 0 Å². The molecule has 0 aliphatic carbocycles. The van der Waals surface area contributed by atoms with Crippen LogP contribution in [0, 0.1) is 0 Å². The zero-order chi connectivity index (χ0) is 6.53. The van der Waals surface area contributed by atoms with Gasteiger partial charge in [-0.15, -0.1) is 0 Å². The molecule has 1 aliphatic rings. The summed E-state index contributed by atoms with van der Waals surface area (Å²) in [6, 6.07) is 0. The minimum absolute atomic E-state index is 0.709. The first-order valence-electron chi connectivity index (χ1n) is 2.49. The fourth-order valence-corrected chi connectivity index (χ4v) is 6.76. The predicted octanol–water partition coefficient (Wildman–Crippen LogP) is -3.44. The van der Waals surface area contributed by atoms with Crippen molar-refractivity contribution in [3.05, 3.63) is 0 Å². The third kappa shape index (κ3) is 3.07. The molecule has 52 valence electrons. The summed E-state index contributed by atoms with van der Waals surface area (Å²) in [5.74, 6) is 0. The Bertz CT molecular complexity index is 94.7. The van der Waals surface area contributed by atoms with Crippen molar-refractivity contribution < 1.29 is 16.5 Å². The van der Waals surface area contributed by atoms with E-state index in [9.17, 15) is 0 Å². The lowest BCUT2D eigenvalue weighted by Crippen LogP contribution is -2.27. The van der Waals surface area contributed by atoms with Crippen LogP contribution in [-0.4, -0.2) is 45.1 Å². The molecule has 0 amide bonds. The highest BCUT2D eigenvalue weighted by Crippen LogP contribution is 1.82. The number of hydrogen-bond donors (Lipinski definition) is 0. The first-order valence-corrected chi connectivity index (χ1v) is 7.48. The van der Waals surface area contributed by atoms with Crippen LogP contribution < -0.4 is 0 Å². The van der Waals surface area contributed by atoms with E-state index in [1.165, 1.54) is 0 Å². The van der Waals surface area contributed by atoms with Gasteiger partial charge in [-0.25, -0.2) is 0 Å². The van der Waals surface area contributed by atoms with Crippen molar-refractivity contribution in [1.29, 1.82) is 0 Å². The molecule has 9 heavy (non-hydrogen) atoms. The molecule has 1 heterocycles. The number of hydrogen-bond acceptors (Lipinski definition) is 4. The van der Waals surface area contributed by atoms with Crippen molar-refractivity contribution in [3.63, 3.8) is 0 Å². The molecule has 4 nitrogen and oxygen atoms in total. The van der Waals surface area contributed by atoms with Crippen LogP contribution in [0.3, 0.4) is 0 Å². The molecule has 0 spiro atoms. The van der Waals surface area contributed by atoms with Gasteiger partial charge < -0.3 is 16.5 Å². The molecule has 0 radical (unpaired) electrons. The Kier molecular flexibility index (Phi) is 3.38. The maximum atomic E-state index is 5.16. The van der Waals surface area contributed by atoms with Crippen LogP contribution >= 0.6 is 0 Å². The van der Waals surface area contributed by atoms with E-state index in [2.05, 4.69) is 6.17 Å². The second-order valence-electron chi connectivity index (χ2n) is 1.42. The van der Waals surface area contributed by atoms with Crippen molar-refractivity contribution in [2.75, 3.05) is 0 Å². The normalized spacial score (nSPS) is 29.1. The summed E-state index contributed by atoms with van der Waals surface area (Å²) >= 11 is 0. The summed E-state index contributed by atoms with van der Waals surface area (Å²) in [7, 11) is -3.47. The maximum Gasteiger partial charge on any atom is 0.444 e. The fraction of sp³-hybridized carbons (Fsp3) is 0. The Hall–Kier alpha value is 0.258. The van der Waals surface area contributed by atoms with E-state index in [1.54, 1.807) is 0 Å². The molecular weight excluding hydrogens is 188 g/mol. The van der Waals surface area contributed by atoms with Gasteiger partial charge in [0.25, 0.3) is 10.0 Å². The van der Waals surface area contributed by atoms with Gasteiger partial charge >= 0.3 is 28.9 Å². The highest BCUT2D eigenvalue weighted by atomic mass is 28.4. The van der Waals surface area contributed by atoms with E-state index in [4.69, 9.17) is 16.5 Å². The Balaban J connectivity index is 2.20.